The third kappa shape index (κ3) is 5.04. The Morgan fingerprint density at radius 3 is 2.19 bits per heavy atom. The molecule has 4 heteroatoms. The lowest BCUT2D eigenvalue weighted by atomic mass is 10.1. The van der Waals surface area contributed by atoms with E-state index in [9.17, 15) is 4.79 Å². The molecule has 1 heterocycles. The highest BCUT2D eigenvalue weighted by Crippen LogP contribution is 2.36. The molecule has 0 radical (unpaired) electrons. The van der Waals surface area contributed by atoms with Gasteiger partial charge in [-0.1, -0.05) is 42.5 Å². The smallest absolute Gasteiger partial charge is 0.305 e. The summed E-state index contributed by atoms with van der Waals surface area (Å²) >= 11 is 1.75. The summed E-state index contributed by atoms with van der Waals surface area (Å²) in [6, 6.07) is 29.8. The number of anilines is 3. The van der Waals surface area contributed by atoms with Gasteiger partial charge in [-0.25, -0.2) is 0 Å². The maximum Gasteiger partial charge on any atom is 0.305 e. The van der Waals surface area contributed by atoms with Crippen LogP contribution in [0, 0.1) is 6.92 Å². The molecule has 156 valence electrons. The van der Waals surface area contributed by atoms with Crippen LogP contribution in [-0.4, -0.2) is 13.1 Å². The monoisotopic (exact) mass is 427 g/mol. The molecule has 0 unspecified atom stereocenters. The largest absolute Gasteiger partial charge is 0.469 e. The molecule has 0 fully saturated rings. The molecule has 4 rings (SSSR count). The van der Waals surface area contributed by atoms with Crippen LogP contribution in [0.25, 0.3) is 10.4 Å². The van der Waals surface area contributed by atoms with Crippen molar-refractivity contribution in [3.8, 4) is 10.4 Å². The molecular formula is C27H25NO2S. The summed E-state index contributed by atoms with van der Waals surface area (Å²) < 4.78 is 4.75. The minimum atomic E-state index is -0.184. The second-order valence-corrected chi connectivity index (χ2v) is 8.39. The van der Waals surface area contributed by atoms with E-state index >= 15 is 0 Å². The van der Waals surface area contributed by atoms with Crippen LogP contribution in [0.3, 0.4) is 0 Å². The zero-order chi connectivity index (χ0) is 21.6. The lowest BCUT2D eigenvalue weighted by molar-refractivity contribution is -0.140. The van der Waals surface area contributed by atoms with Gasteiger partial charge in [0.15, 0.2) is 0 Å². The van der Waals surface area contributed by atoms with Crippen molar-refractivity contribution < 1.29 is 9.53 Å². The normalized spacial score (nSPS) is 10.6. The van der Waals surface area contributed by atoms with Crippen LogP contribution in [-0.2, 0) is 16.0 Å². The van der Waals surface area contributed by atoms with Gasteiger partial charge in [0.1, 0.15) is 0 Å². The molecule has 0 aliphatic heterocycles. The number of carbonyl (C=O) groups excluding carboxylic acids is 1. The van der Waals surface area contributed by atoms with E-state index in [-0.39, 0.29) is 5.97 Å². The second kappa shape index (κ2) is 9.63. The van der Waals surface area contributed by atoms with Crippen molar-refractivity contribution in [1.29, 1.82) is 0 Å². The molecular weight excluding hydrogens is 402 g/mol. The Morgan fingerprint density at radius 2 is 1.58 bits per heavy atom. The maximum atomic E-state index is 11.4. The fraction of sp³-hybridized carbons (Fsp3) is 0.148. The molecule has 0 atom stereocenters. The number of aryl methyl sites for hydroxylation is 2. The highest BCUT2D eigenvalue weighted by molar-refractivity contribution is 7.13. The second-order valence-electron chi connectivity index (χ2n) is 7.44. The van der Waals surface area contributed by atoms with E-state index in [1.807, 2.05) is 0 Å². The van der Waals surface area contributed by atoms with E-state index in [0.717, 1.165) is 22.6 Å². The Labute approximate surface area is 187 Å². The summed E-state index contributed by atoms with van der Waals surface area (Å²) in [6.07, 6.45) is 1.06. The van der Waals surface area contributed by atoms with Crippen LogP contribution >= 0.6 is 11.3 Å². The SMILES string of the molecule is COC(=O)CCc1ccc(N(c2ccc(-c3cccs3)cc2)c2cccc(C)c2)cc1. The minimum absolute atomic E-state index is 0.184. The number of carbonyl (C=O) groups is 1. The van der Waals surface area contributed by atoms with Crippen LogP contribution in [0.5, 0.6) is 0 Å². The molecule has 31 heavy (non-hydrogen) atoms. The fourth-order valence-corrected chi connectivity index (χ4v) is 4.33. The Bertz CT molecular complexity index is 1130. The van der Waals surface area contributed by atoms with Crippen LogP contribution in [0.1, 0.15) is 17.5 Å². The number of nitrogens with zero attached hydrogens (tertiary/aromatic N) is 1. The Morgan fingerprint density at radius 1 is 0.871 bits per heavy atom. The topological polar surface area (TPSA) is 29.5 Å². The summed E-state index contributed by atoms with van der Waals surface area (Å²) in [7, 11) is 1.43. The molecule has 1 aromatic heterocycles. The number of benzene rings is 3. The fourth-order valence-electron chi connectivity index (χ4n) is 3.59. The predicted octanol–water partition coefficient (Wildman–Crippen LogP) is 7.30. The van der Waals surface area contributed by atoms with E-state index in [4.69, 9.17) is 4.74 Å². The van der Waals surface area contributed by atoms with E-state index in [2.05, 4.69) is 102 Å². The number of rotatable bonds is 7. The number of thiophene rings is 1. The van der Waals surface area contributed by atoms with Gasteiger partial charge in [0.05, 0.1) is 7.11 Å². The molecule has 0 saturated carbocycles. The quantitative estimate of drug-likeness (QED) is 0.290. The summed E-state index contributed by atoms with van der Waals surface area (Å²) in [5.41, 5.74) is 6.86. The molecule has 0 amide bonds. The Balaban J connectivity index is 1.66. The number of hydrogen-bond acceptors (Lipinski definition) is 4. The first-order valence-corrected chi connectivity index (χ1v) is 11.2. The van der Waals surface area contributed by atoms with Gasteiger partial charge in [0.2, 0.25) is 0 Å². The number of esters is 1. The molecule has 0 aliphatic rings. The summed E-state index contributed by atoms with van der Waals surface area (Å²) in [5, 5.41) is 2.10. The van der Waals surface area contributed by atoms with Gasteiger partial charge in [0.25, 0.3) is 0 Å². The highest BCUT2D eigenvalue weighted by atomic mass is 32.1. The third-order valence-electron chi connectivity index (χ3n) is 5.23. The van der Waals surface area contributed by atoms with Gasteiger partial charge in [-0.3, -0.25) is 4.79 Å². The molecule has 3 aromatic carbocycles. The minimum Gasteiger partial charge on any atom is -0.469 e. The van der Waals surface area contributed by atoms with Crippen LogP contribution < -0.4 is 4.90 Å². The lowest BCUT2D eigenvalue weighted by Gasteiger charge is -2.26. The highest BCUT2D eigenvalue weighted by Gasteiger charge is 2.13. The van der Waals surface area contributed by atoms with Gasteiger partial charge in [-0.15, -0.1) is 11.3 Å². The van der Waals surface area contributed by atoms with Gasteiger partial charge >= 0.3 is 5.97 Å². The Hall–Kier alpha value is -3.37. The van der Waals surface area contributed by atoms with E-state index in [0.29, 0.717) is 12.8 Å². The molecule has 0 spiro atoms. The molecule has 0 aliphatic carbocycles. The van der Waals surface area contributed by atoms with Crippen LogP contribution in [0.4, 0.5) is 17.1 Å². The van der Waals surface area contributed by atoms with Crippen LogP contribution in [0.2, 0.25) is 0 Å². The summed E-state index contributed by atoms with van der Waals surface area (Å²) in [4.78, 5) is 15.0. The number of methoxy groups -OCH3 is 1. The van der Waals surface area contributed by atoms with E-state index in [1.165, 1.54) is 23.1 Å². The average Bonchev–Trinajstić information content (AvgIpc) is 3.34. The van der Waals surface area contributed by atoms with E-state index < -0.39 is 0 Å². The molecule has 3 nitrogen and oxygen atoms in total. The van der Waals surface area contributed by atoms with Gasteiger partial charge in [-0.2, -0.15) is 0 Å². The third-order valence-corrected chi connectivity index (χ3v) is 6.15. The number of hydrogen-bond donors (Lipinski definition) is 0. The van der Waals surface area contributed by atoms with Crippen LogP contribution in [0.15, 0.2) is 90.3 Å². The first-order chi connectivity index (χ1) is 15.1. The van der Waals surface area contributed by atoms with Crippen molar-refractivity contribution >= 4 is 34.4 Å². The zero-order valence-corrected chi connectivity index (χ0v) is 18.6. The van der Waals surface area contributed by atoms with Crippen molar-refractivity contribution in [3.63, 3.8) is 0 Å². The number of ether oxygens (including phenoxy) is 1. The zero-order valence-electron chi connectivity index (χ0n) is 17.7. The Kier molecular flexibility index (Phi) is 6.48. The van der Waals surface area contributed by atoms with E-state index in [1.54, 1.807) is 11.3 Å². The lowest BCUT2D eigenvalue weighted by Crippen LogP contribution is -2.10. The van der Waals surface area contributed by atoms with Crippen molar-refractivity contribution in [3.05, 3.63) is 101 Å². The standard InChI is InChI=1S/C27H25NO2S/c1-20-5-3-6-25(19-20)28(23-13-8-21(9-14-23)10-17-27(29)30-2)24-15-11-22(12-16-24)26-7-4-18-31-26/h3-9,11-16,18-19H,10,17H2,1-2H3. The van der Waals surface area contributed by atoms with Gasteiger partial charge in [0, 0.05) is 28.4 Å². The van der Waals surface area contributed by atoms with Crippen molar-refractivity contribution in [1.82, 2.24) is 0 Å². The first kappa shape index (κ1) is 20.9. The molecule has 0 bridgehead atoms. The van der Waals surface area contributed by atoms with Crippen molar-refractivity contribution in [2.24, 2.45) is 0 Å². The predicted molar refractivity (Wildman–Crippen MR) is 130 cm³/mol. The van der Waals surface area contributed by atoms with Crippen molar-refractivity contribution in [2.75, 3.05) is 12.0 Å². The maximum absolute atomic E-state index is 11.4. The average molecular weight is 428 g/mol. The van der Waals surface area contributed by atoms with Gasteiger partial charge in [-0.05, 0) is 77.9 Å². The summed E-state index contributed by atoms with van der Waals surface area (Å²) in [6.45, 7) is 2.11. The summed E-state index contributed by atoms with van der Waals surface area (Å²) in [5.74, 6) is -0.184. The molecule has 0 saturated heterocycles. The molecule has 0 N–H and O–H groups in total. The molecule has 4 aromatic rings. The first-order valence-electron chi connectivity index (χ1n) is 10.3. The van der Waals surface area contributed by atoms with Gasteiger partial charge < -0.3 is 9.64 Å². The van der Waals surface area contributed by atoms with Crippen molar-refractivity contribution in [2.45, 2.75) is 19.8 Å².